The van der Waals surface area contributed by atoms with Crippen molar-refractivity contribution >= 4 is 5.91 Å². The maximum Gasteiger partial charge on any atom is 0.223 e. The van der Waals surface area contributed by atoms with Gasteiger partial charge in [-0.05, 0) is 56.4 Å². The second-order valence-electron chi connectivity index (χ2n) is 6.16. The van der Waals surface area contributed by atoms with Crippen LogP contribution in [0.2, 0.25) is 0 Å². The zero-order chi connectivity index (χ0) is 14.5. The number of nitrogens with zero attached hydrogens (tertiary/aromatic N) is 1. The summed E-state index contributed by atoms with van der Waals surface area (Å²) in [5, 5.41) is 0. The zero-order valence-corrected chi connectivity index (χ0v) is 12.1. The number of hydrogen-bond donors (Lipinski definition) is 0. The fourth-order valence-corrected chi connectivity index (χ4v) is 4.03. The molecule has 1 amide bonds. The van der Waals surface area contributed by atoms with Crippen LogP contribution in [0.25, 0.3) is 0 Å². The molecule has 2 atom stereocenters. The first-order chi connectivity index (χ1) is 9.45. The molecule has 0 radical (unpaired) electrons. The lowest BCUT2D eigenvalue weighted by Gasteiger charge is -2.37. The molecule has 0 unspecified atom stereocenters. The van der Waals surface area contributed by atoms with Crippen LogP contribution in [0.1, 0.15) is 43.7 Å². The smallest absolute Gasteiger partial charge is 0.223 e. The van der Waals surface area contributed by atoms with Crippen molar-refractivity contribution in [2.45, 2.75) is 51.1 Å². The third kappa shape index (κ3) is 1.72. The van der Waals surface area contributed by atoms with E-state index < -0.39 is 0 Å². The van der Waals surface area contributed by atoms with Gasteiger partial charge in [0.15, 0.2) is 0 Å². The topological polar surface area (TPSA) is 20.3 Å². The number of rotatable bonds is 2. The molecule has 106 valence electrons. The standard InChI is InChI=1S/C17H20FNO/c1-11(2)15-6-8-17(9-7-16(20)19(15)17)14-5-4-13(18)10-12(14)3/h4-5,10,15H,1,6-9H2,2-3H3/t15-,17-/m1/s1. The lowest BCUT2D eigenvalue weighted by atomic mass is 9.83. The highest BCUT2D eigenvalue weighted by Gasteiger charge is 2.54. The van der Waals surface area contributed by atoms with Crippen LogP contribution < -0.4 is 0 Å². The minimum absolute atomic E-state index is 0.134. The van der Waals surface area contributed by atoms with Crippen molar-refractivity contribution in [2.24, 2.45) is 0 Å². The number of amides is 1. The van der Waals surface area contributed by atoms with Gasteiger partial charge in [-0.25, -0.2) is 4.39 Å². The van der Waals surface area contributed by atoms with Crippen molar-refractivity contribution in [1.82, 2.24) is 4.90 Å². The molecule has 1 aromatic rings. The first-order valence-corrected chi connectivity index (χ1v) is 7.20. The van der Waals surface area contributed by atoms with Crippen molar-refractivity contribution in [3.63, 3.8) is 0 Å². The molecular weight excluding hydrogens is 253 g/mol. The molecular formula is C17H20FNO. The number of halogens is 1. The predicted octanol–water partition coefficient (Wildman–Crippen LogP) is 3.69. The van der Waals surface area contributed by atoms with Gasteiger partial charge in [0, 0.05) is 6.42 Å². The van der Waals surface area contributed by atoms with E-state index in [0.29, 0.717) is 6.42 Å². The summed E-state index contributed by atoms with van der Waals surface area (Å²) in [5.41, 5.74) is 2.85. The summed E-state index contributed by atoms with van der Waals surface area (Å²) in [5.74, 6) is -0.00723. The van der Waals surface area contributed by atoms with Crippen molar-refractivity contribution in [3.8, 4) is 0 Å². The molecule has 20 heavy (non-hydrogen) atoms. The van der Waals surface area contributed by atoms with Gasteiger partial charge in [0.05, 0.1) is 11.6 Å². The first-order valence-electron chi connectivity index (χ1n) is 7.20. The summed E-state index contributed by atoms with van der Waals surface area (Å²) in [6.45, 7) is 7.96. The molecule has 3 heteroatoms. The average molecular weight is 273 g/mol. The minimum atomic E-state index is -0.238. The van der Waals surface area contributed by atoms with Crippen LogP contribution >= 0.6 is 0 Å². The molecule has 0 bridgehead atoms. The Hall–Kier alpha value is -1.64. The highest BCUT2D eigenvalue weighted by Crippen LogP contribution is 2.52. The van der Waals surface area contributed by atoms with E-state index in [9.17, 15) is 9.18 Å². The Morgan fingerprint density at radius 1 is 1.45 bits per heavy atom. The summed E-state index contributed by atoms with van der Waals surface area (Å²) < 4.78 is 13.4. The van der Waals surface area contributed by atoms with E-state index in [0.717, 1.165) is 36.0 Å². The molecule has 2 heterocycles. The van der Waals surface area contributed by atoms with Crippen LogP contribution in [0.15, 0.2) is 30.4 Å². The van der Waals surface area contributed by atoms with Gasteiger partial charge in [-0.1, -0.05) is 18.2 Å². The van der Waals surface area contributed by atoms with Crippen molar-refractivity contribution in [3.05, 3.63) is 47.3 Å². The number of benzene rings is 1. The molecule has 0 spiro atoms. The van der Waals surface area contributed by atoms with Crippen LogP contribution in [0.5, 0.6) is 0 Å². The Morgan fingerprint density at radius 2 is 2.20 bits per heavy atom. The maximum absolute atomic E-state index is 13.4. The quantitative estimate of drug-likeness (QED) is 0.753. The van der Waals surface area contributed by atoms with Gasteiger partial charge < -0.3 is 4.90 Å². The van der Waals surface area contributed by atoms with Crippen LogP contribution in [0, 0.1) is 12.7 Å². The van der Waals surface area contributed by atoms with Crippen molar-refractivity contribution in [2.75, 3.05) is 0 Å². The lowest BCUT2D eigenvalue weighted by molar-refractivity contribution is -0.131. The number of hydrogen-bond acceptors (Lipinski definition) is 1. The van der Waals surface area contributed by atoms with Gasteiger partial charge in [-0.2, -0.15) is 0 Å². The van der Waals surface area contributed by atoms with Crippen molar-refractivity contribution < 1.29 is 9.18 Å². The first kappa shape index (κ1) is 13.3. The molecule has 0 saturated carbocycles. The molecule has 0 aromatic heterocycles. The van der Waals surface area contributed by atoms with Gasteiger partial charge in [-0.15, -0.1) is 0 Å². The van der Waals surface area contributed by atoms with E-state index in [1.807, 2.05) is 24.8 Å². The molecule has 2 aliphatic rings. The fourth-order valence-electron chi connectivity index (χ4n) is 4.03. The van der Waals surface area contributed by atoms with Crippen LogP contribution in [0.3, 0.4) is 0 Å². The molecule has 2 nitrogen and oxygen atoms in total. The molecule has 0 N–H and O–H groups in total. The summed E-state index contributed by atoms with van der Waals surface area (Å²) in [7, 11) is 0. The maximum atomic E-state index is 13.4. The summed E-state index contributed by atoms with van der Waals surface area (Å²) in [6, 6.07) is 5.07. The molecule has 0 aliphatic carbocycles. The minimum Gasteiger partial charge on any atom is -0.326 e. The van der Waals surface area contributed by atoms with Gasteiger partial charge >= 0.3 is 0 Å². The van der Waals surface area contributed by atoms with E-state index in [4.69, 9.17) is 0 Å². The SMILES string of the molecule is C=C(C)[C@H]1CC[C@]2(c3ccc(F)cc3C)CCC(=O)N12. The third-order valence-electron chi connectivity index (χ3n) is 4.88. The Labute approximate surface area is 119 Å². The Balaban J connectivity index is 2.11. The highest BCUT2D eigenvalue weighted by molar-refractivity contribution is 5.81. The number of carbonyl (C=O) groups is 1. The van der Waals surface area contributed by atoms with Crippen LogP contribution in [0.4, 0.5) is 4.39 Å². The Bertz CT molecular complexity index is 595. The number of carbonyl (C=O) groups excluding carboxylic acids is 1. The van der Waals surface area contributed by atoms with E-state index in [-0.39, 0.29) is 23.3 Å². The summed E-state index contributed by atoms with van der Waals surface area (Å²) >= 11 is 0. The Kier molecular flexibility index (Phi) is 2.96. The molecule has 2 saturated heterocycles. The normalized spacial score (nSPS) is 28.9. The van der Waals surface area contributed by atoms with E-state index >= 15 is 0 Å². The average Bonchev–Trinajstić information content (AvgIpc) is 2.89. The molecule has 1 aromatic carbocycles. The van der Waals surface area contributed by atoms with Crippen LogP contribution in [-0.4, -0.2) is 16.8 Å². The second-order valence-corrected chi connectivity index (χ2v) is 6.16. The zero-order valence-electron chi connectivity index (χ0n) is 12.1. The predicted molar refractivity (Wildman–Crippen MR) is 76.7 cm³/mol. The molecule has 3 rings (SSSR count). The van der Waals surface area contributed by atoms with Crippen molar-refractivity contribution in [1.29, 1.82) is 0 Å². The van der Waals surface area contributed by atoms with E-state index in [2.05, 4.69) is 6.58 Å². The monoisotopic (exact) mass is 273 g/mol. The molecule has 2 aliphatic heterocycles. The van der Waals surface area contributed by atoms with Gasteiger partial charge in [-0.3, -0.25) is 4.79 Å². The van der Waals surface area contributed by atoms with E-state index in [1.165, 1.54) is 6.07 Å². The van der Waals surface area contributed by atoms with Gasteiger partial charge in [0.25, 0.3) is 0 Å². The Morgan fingerprint density at radius 3 is 2.85 bits per heavy atom. The van der Waals surface area contributed by atoms with E-state index in [1.54, 1.807) is 6.07 Å². The van der Waals surface area contributed by atoms with Gasteiger partial charge in [0.1, 0.15) is 5.82 Å². The number of fused-ring (bicyclic) bond motifs is 1. The second kappa shape index (κ2) is 4.44. The van der Waals surface area contributed by atoms with Crippen LogP contribution in [-0.2, 0) is 10.3 Å². The molecule has 2 fully saturated rings. The fraction of sp³-hybridized carbons (Fsp3) is 0.471. The summed E-state index contributed by atoms with van der Waals surface area (Å²) in [4.78, 5) is 14.4. The summed E-state index contributed by atoms with van der Waals surface area (Å²) in [6.07, 6.45) is 3.32. The largest absolute Gasteiger partial charge is 0.326 e. The number of aryl methyl sites for hydroxylation is 1. The highest BCUT2D eigenvalue weighted by atomic mass is 19.1. The van der Waals surface area contributed by atoms with Gasteiger partial charge in [0.2, 0.25) is 5.91 Å². The lowest BCUT2D eigenvalue weighted by Crippen LogP contribution is -2.43. The third-order valence-corrected chi connectivity index (χ3v) is 4.88.